The van der Waals surface area contributed by atoms with Gasteiger partial charge in [0.2, 0.25) is 11.7 Å². The number of benzene rings is 2. The van der Waals surface area contributed by atoms with Gasteiger partial charge in [-0.15, -0.1) is 11.3 Å². The molecule has 1 atom stereocenters. The minimum absolute atomic E-state index is 0.0103. The highest BCUT2D eigenvalue weighted by Crippen LogP contribution is 2.44. The van der Waals surface area contributed by atoms with Crippen LogP contribution in [0.1, 0.15) is 18.1 Å². The molecule has 13 heteroatoms. The number of nitriles is 2. The number of thioether (sulfide) groups is 1. The van der Waals surface area contributed by atoms with Crippen LogP contribution >= 0.6 is 23.1 Å². The lowest BCUT2D eigenvalue weighted by Gasteiger charge is -2.18. The standard InChI is InChI=1S/C29H26N6O5S2/c1-15(27(36)35-29-33-21(14-41-29)16-6-8-18(37-2)9-7-16)42-28-20(13-31)24(19(12-30)26(32)34-28)17-10-22(38-3)25(40-5)23(11-17)39-4/h6-11,14-15H,1-5H3,(H2,32,34)(H,33,35,36). The van der Waals surface area contributed by atoms with Crippen LogP contribution in [0.2, 0.25) is 0 Å². The summed E-state index contributed by atoms with van der Waals surface area (Å²) in [5.41, 5.74) is 8.53. The minimum atomic E-state index is -0.696. The number of rotatable bonds is 10. The van der Waals surface area contributed by atoms with Crippen molar-refractivity contribution in [1.82, 2.24) is 9.97 Å². The number of anilines is 2. The monoisotopic (exact) mass is 602 g/mol. The van der Waals surface area contributed by atoms with Crippen molar-refractivity contribution in [3.8, 4) is 57.5 Å². The van der Waals surface area contributed by atoms with Crippen LogP contribution in [0.4, 0.5) is 10.9 Å². The lowest BCUT2D eigenvalue weighted by atomic mass is 9.96. The number of hydrogen-bond donors (Lipinski definition) is 2. The first-order valence-corrected chi connectivity index (χ1v) is 14.1. The third-order valence-electron chi connectivity index (χ3n) is 6.15. The number of nitrogens with zero attached hydrogens (tertiary/aromatic N) is 4. The maximum absolute atomic E-state index is 13.1. The maximum atomic E-state index is 13.1. The van der Waals surface area contributed by atoms with Gasteiger partial charge in [-0.05, 0) is 48.9 Å². The molecular weight excluding hydrogens is 576 g/mol. The molecule has 214 valence electrons. The molecule has 1 amide bonds. The van der Waals surface area contributed by atoms with Crippen molar-refractivity contribution < 1.29 is 23.7 Å². The molecule has 42 heavy (non-hydrogen) atoms. The topological polar surface area (TPSA) is 165 Å². The van der Waals surface area contributed by atoms with Gasteiger partial charge in [-0.3, -0.25) is 4.79 Å². The average Bonchev–Trinajstić information content (AvgIpc) is 3.48. The van der Waals surface area contributed by atoms with Crippen LogP contribution < -0.4 is 30.0 Å². The molecule has 11 nitrogen and oxygen atoms in total. The van der Waals surface area contributed by atoms with E-state index in [1.54, 1.807) is 26.2 Å². The Morgan fingerprint density at radius 3 is 2.14 bits per heavy atom. The van der Waals surface area contributed by atoms with Crippen LogP contribution in [0.15, 0.2) is 46.8 Å². The highest BCUT2D eigenvalue weighted by atomic mass is 32.2. The Morgan fingerprint density at radius 1 is 0.952 bits per heavy atom. The van der Waals surface area contributed by atoms with E-state index in [9.17, 15) is 15.3 Å². The van der Waals surface area contributed by atoms with E-state index in [2.05, 4.69) is 21.4 Å². The number of nitrogens with two attached hydrogens (primary N) is 1. The Kier molecular flexibility index (Phi) is 9.37. The van der Waals surface area contributed by atoms with Crippen molar-refractivity contribution in [2.75, 3.05) is 39.5 Å². The molecule has 2 aromatic carbocycles. The van der Waals surface area contributed by atoms with Gasteiger partial charge in [0.1, 0.15) is 34.3 Å². The molecule has 0 aliphatic heterocycles. The lowest BCUT2D eigenvalue weighted by molar-refractivity contribution is -0.115. The fraction of sp³-hybridized carbons (Fsp3) is 0.207. The smallest absolute Gasteiger partial charge is 0.239 e. The summed E-state index contributed by atoms with van der Waals surface area (Å²) >= 11 is 2.33. The third kappa shape index (κ3) is 6.02. The average molecular weight is 603 g/mol. The summed E-state index contributed by atoms with van der Waals surface area (Å²) in [5.74, 6) is 1.30. The van der Waals surface area contributed by atoms with Crippen LogP contribution in [0.25, 0.3) is 22.4 Å². The zero-order valence-electron chi connectivity index (χ0n) is 23.3. The fourth-order valence-corrected chi connectivity index (χ4v) is 5.69. The van der Waals surface area contributed by atoms with Crippen LogP contribution in [0.3, 0.4) is 0 Å². The van der Waals surface area contributed by atoms with E-state index >= 15 is 0 Å². The van der Waals surface area contributed by atoms with Crippen LogP contribution in [-0.2, 0) is 4.79 Å². The van der Waals surface area contributed by atoms with E-state index in [1.165, 1.54) is 32.7 Å². The Balaban J connectivity index is 1.64. The number of carbonyl (C=O) groups is 1. The minimum Gasteiger partial charge on any atom is -0.497 e. The first-order valence-electron chi connectivity index (χ1n) is 12.3. The van der Waals surface area contributed by atoms with Gasteiger partial charge in [0.05, 0.1) is 44.9 Å². The van der Waals surface area contributed by atoms with Crippen molar-refractivity contribution >= 4 is 40.0 Å². The van der Waals surface area contributed by atoms with E-state index in [-0.39, 0.29) is 33.4 Å². The molecule has 0 spiro atoms. The van der Waals surface area contributed by atoms with Crippen LogP contribution in [0, 0.1) is 22.7 Å². The quantitative estimate of drug-likeness (QED) is 0.225. The predicted molar refractivity (Wildman–Crippen MR) is 161 cm³/mol. The van der Waals surface area contributed by atoms with Crippen molar-refractivity contribution in [3.63, 3.8) is 0 Å². The summed E-state index contributed by atoms with van der Waals surface area (Å²) in [5, 5.41) is 24.7. The second-order valence-electron chi connectivity index (χ2n) is 8.58. The first kappa shape index (κ1) is 30.0. The Labute approximate surface area is 250 Å². The predicted octanol–water partition coefficient (Wildman–Crippen LogP) is 5.35. The van der Waals surface area contributed by atoms with Gasteiger partial charge in [-0.25, -0.2) is 9.97 Å². The van der Waals surface area contributed by atoms with E-state index in [1.807, 2.05) is 35.7 Å². The third-order valence-corrected chi connectivity index (χ3v) is 7.99. The summed E-state index contributed by atoms with van der Waals surface area (Å²) < 4.78 is 21.5. The molecule has 0 aliphatic rings. The number of amides is 1. The zero-order chi connectivity index (χ0) is 30.4. The molecule has 1 unspecified atom stereocenters. The number of carbonyl (C=O) groups excluding carboxylic acids is 1. The van der Waals surface area contributed by atoms with Crippen molar-refractivity contribution in [3.05, 3.63) is 52.9 Å². The molecule has 3 N–H and O–H groups in total. The van der Waals surface area contributed by atoms with Gasteiger partial charge >= 0.3 is 0 Å². The Hall–Kier alpha value is -4.98. The molecule has 4 aromatic rings. The molecular formula is C29H26N6O5S2. The number of methoxy groups -OCH3 is 4. The highest BCUT2D eigenvalue weighted by Gasteiger charge is 2.26. The molecule has 2 aromatic heterocycles. The summed E-state index contributed by atoms with van der Waals surface area (Å²) in [6.07, 6.45) is 0. The van der Waals surface area contributed by atoms with E-state index < -0.39 is 5.25 Å². The van der Waals surface area contributed by atoms with Gasteiger partial charge in [0.15, 0.2) is 16.6 Å². The Bertz CT molecular complexity index is 1680. The second-order valence-corrected chi connectivity index (χ2v) is 10.8. The number of pyridine rings is 1. The lowest BCUT2D eigenvalue weighted by Crippen LogP contribution is -2.22. The molecule has 0 saturated heterocycles. The number of aromatic nitrogens is 2. The van der Waals surface area contributed by atoms with Gasteiger partial charge in [-0.1, -0.05) is 11.8 Å². The maximum Gasteiger partial charge on any atom is 0.239 e. The SMILES string of the molecule is COc1ccc(-c2csc(NC(=O)C(C)Sc3nc(N)c(C#N)c(-c4cc(OC)c(OC)c(OC)c4)c3C#N)n2)cc1. The summed E-state index contributed by atoms with van der Waals surface area (Å²) in [6.45, 7) is 1.67. The first-order chi connectivity index (χ1) is 20.3. The van der Waals surface area contributed by atoms with Crippen LogP contribution in [-0.4, -0.2) is 49.6 Å². The molecule has 0 aliphatic carbocycles. The van der Waals surface area contributed by atoms with Gasteiger partial charge in [0.25, 0.3) is 0 Å². The van der Waals surface area contributed by atoms with Gasteiger partial charge in [0, 0.05) is 16.5 Å². The number of ether oxygens (including phenoxy) is 4. The van der Waals surface area contributed by atoms with E-state index in [0.717, 1.165) is 23.1 Å². The van der Waals surface area contributed by atoms with Crippen molar-refractivity contribution in [2.24, 2.45) is 0 Å². The number of thiazole rings is 1. The molecule has 0 radical (unpaired) electrons. The normalized spacial score (nSPS) is 11.1. The van der Waals surface area contributed by atoms with Gasteiger partial charge < -0.3 is 30.0 Å². The largest absolute Gasteiger partial charge is 0.497 e. The number of hydrogen-bond acceptors (Lipinski definition) is 12. The van der Waals surface area contributed by atoms with Gasteiger partial charge in [-0.2, -0.15) is 10.5 Å². The van der Waals surface area contributed by atoms with Crippen molar-refractivity contribution in [1.29, 1.82) is 10.5 Å². The summed E-state index contributed by atoms with van der Waals surface area (Å²) in [6, 6.07) is 14.9. The summed E-state index contributed by atoms with van der Waals surface area (Å²) in [4.78, 5) is 22.0. The molecule has 0 fully saturated rings. The highest BCUT2D eigenvalue weighted by molar-refractivity contribution is 8.00. The fourth-order valence-electron chi connectivity index (χ4n) is 4.05. The van der Waals surface area contributed by atoms with Crippen LogP contribution in [0.5, 0.6) is 23.0 Å². The zero-order valence-corrected chi connectivity index (χ0v) is 25.0. The molecule has 4 rings (SSSR count). The number of nitrogens with one attached hydrogen (secondary N) is 1. The molecule has 0 saturated carbocycles. The van der Waals surface area contributed by atoms with Crippen molar-refractivity contribution in [2.45, 2.75) is 17.2 Å². The summed E-state index contributed by atoms with van der Waals surface area (Å²) in [7, 11) is 5.99. The number of nitrogen functional groups attached to an aromatic ring is 1. The van der Waals surface area contributed by atoms with E-state index in [0.29, 0.717) is 33.6 Å². The Morgan fingerprint density at radius 2 is 1.60 bits per heavy atom. The second kappa shape index (κ2) is 13.1. The molecule has 0 bridgehead atoms. The van der Waals surface area contributed by atoms with E-state index in [4.69, 9.17) is 24.7 Å². The molecule has 2 heterocycles.